The number of nitrogens with one attached hydrogen (secondary N) is 1. The Morgan fingerprint density at radius 2 is 2.60 bits per heavy atom. The first kappa shape index (κ1) is 7.54. The average molecular weight is 142 g/mol. The van der Waals surface area contributed by atoms with Gasteiger partial charge < -0.3 is 4.84 Å². The molecule has 1 heterocycles. The summed E-state index contributed by atoms with van der Waals surface area (Å²) in [5, 5.41) is 0. The van der Waals surface area contributed by atoms with E-state index in [2.05, 4.69) is 24.3 Å². The maximum atomic E-state index is 5.03. The predicted molar refractivity (Wildman–Crippen MR) is 40.6 cm³/mol. The molecule has 0 aliphatic carbocycles. The van der Waals surface area contributed by atoms with Gasteiger partial charge in [-0.2, -0.15) is 0 Å². The summed E-state index contributed by atoms with van der Waals surface area (Å²) in [6.07, 6.45) is 2.14. The van der Waals surface area contributed by atoms with Crippen LogP contribution in [-0.2, 0) is 4.84 Å². The molecule has 0 spiro atoms. The fourth-order valence-corrected chi connectivity index (χ4v) is 0.817. The van der Waals surface area contributed by atoms with E-state index in [1.54, 1.807) is 0 Å². The Morgan fingerprint density at radius 1 is 1.80 bits per heavy atom. The van der Waals surface area contributed by atoms with Crippen molar-refractivity contribution < 1.29 is 4.84 Å². The van der Waals surface area contributed by atoms with Crippen LogP contribution in [0.5, 0.6) is 0 Å². The zero-order valence-electron chi connectivity index (χ0n) is 6.55. The Balaban J connectivity index is 2.23. The lowest BCUT2D eigenvalue weighted by atomic mass is 10.1. The van der Waals surface area contributed by atoms with Gasteiger partial charge in [-0.1, -0.05) is 20.3 Å². The van der Waals surface area contributed by atoms with E-state index < -0.39 is 0 Å². The Kier molecular flexibility index (Phi) is 2.68. The molecule has 0 saturated heterocycles. The van der Waals surface area contributed by atoms with E-state index in [4.69, 9.17) is 4.84 Å². The van der Waals surface area contributed by atoms with Gasteiger partial charge in [0.15, 0.2) is 0 Å². The molecule has 0 aromatic heterocycles. The second-order valence-corrected chi connectivity index (χ2v) is 2.67. The molecule has 3 nitrogen and oxygen atoms in total. The first-order valence-corrected chi connectivity index (χ1v) is 3.76. The summed E-state index contributed by atoms with van der Waals surface area (Å²) in [5.74, 6) is 1.54. The van der Waals surface area contributed by atoms with Crippen LogP contribution in [0.2, 0.25) is 0 Å². The van der Waals surface area contributed by atoms with Crippen LogP contribution >= 0.6 is 0 Å². The monoisotopic (exact) mass is 142 g/mol. The number of rotatable bonds is 3. The van der Waals surface area contributed by atoms with E-state index in [1.807, 2.05) is 0 Å². The van der Waals surface area contributed by atoms with E-state index >= 15 is 0 Å². The molecular weight excluding hydrogens is 128 g/mol. The van der Waals surface area contributed by atoms with Gasteiger partial charge in [0.05, 0.1) is 0 Å². The molecular formula is C7H14N2O. The maximum Gasteiger partial charge on any atom is 0.211 e. The fraction of sp³-hybridized carbons (Fsp3) is 0.857. The van der Waals surface area contributed by atoms with Crippen molar-refractivity contribution >= 4 is 5.90 Å². The van der Waals surface area contributed by atoms with Crippen molar-refractivity contribution in [2.75, 3.05) is 6.67 Å². The van der Waals surface area contributed by atoms with E-state index in [-0.39, 0.29) is 0 Å². The van der Waals surface area contributed by atoms with Gasteiger partial charge in [0.1, 0.15) is 6.67 Å². The number of hydrogen-bond acceptors (Lipinski definition) is 3. The Morgan fingerprint density at radius 3 is 3.10 bits per heavy atom. The zero-order chi connectivity index (χ0) is 7.40. The van der Waals surface area contributed by atoms with E-state index in [9.17, 15) is 0 Å². The highest BCUT2D eigenvalue weighted by Crippen LogP contribution is 2.09. The quantitative estimate of drug-likeness (QED) is 0.644. The number of aliphatic imine (C=N–C) groups is 1. The van der Waals surface area contributed by atoms with Gasteiger partial charge in [-0.25, -0.2) is 4.99 Å². The highest BCUT2D eigenvalue weighted by molar-refractivity contribution is 5.76. The summed E-state index contributed by atoms with van der Waals surface area (Å²) in [4.78, 5) is 9.13. The molecule has 1 aliphatic rings. The smallest absolute Gasteiger partial charge is 0.211 e. The molecule has 0 bridgehead atoms. The molecule has 1 atom stereocenters. The van der Waals surface area contributed by atoms with Crippen LogP contribution in [0.4, 0.5) is 0 Å². The molecule has 1 N–H and O–H groups in total. The van der Waals surface area contributed by atoms with E-state index in [0.29, 0.717) is 12.6 Å². The van der Waals surface area contributed by atoms with Gasteiger partial charge in [0, 0.05) is 6.42 Å². The van der Waals surface area contributed by atoms with Gasteiger partial charge in [-0.15, -0.1) is 5.48 Å². The van der Waals surface area contributed by atoms with Crippen molar-refractivity contribution in [3.63, 3.8) is 0 Å². The minimum atomic E-state index is 0.617. The second-order valence-electron chi connectivity index (χ2n) is 2.67. The van der Waals surface area contributed by atoms with Crippen LogP contribution in [-0.4, -0.2) is 12.6 Å². The normalized spacial score (nSPS) is 20.0. The van der Waals surface area contributed by atoms with Crippen LogP contribution in [0.15, 0.2) is 4.99 Å². The zero-order valence-corrected chi connectivity index (χ0v) is 6.55. The van der Waals surface area contributed by atoms with E-state index in [1.165, 1.54) is 6.42 Å². The Bertz CT molecular complexity index is 134. The topological polar surface area (TPSA) is 33.6 Å². The lowest BCUT2D eigenvalue weighted by Gasteiger charge is -2.05. The van der Waals surface area contributed by atoms with Crippen molar-refractivity contribution in [3.05, 3.63) is 0 Å². The van der Waals surface area contributed by atoms with Gasteiger partial charge in [-0.05, 0) is 5.92 Å². The summed E-state index contributed by atoms with van der Waals surface area (Å²) in [6, 6.07) is 0. The molecule has 0 aromatic carbocycles. The van der Waals surface area contributed by atoms with Gasteiger partial charge in [0.2, 0.25) is 5.90 Å². The molecule has 0 fully saturated rings. The summed E-state index contributed by atoms with van der Waals surface area (Å²) in [7, 11) is 0. The lowest BCUT2D eigenvalue weighted by Crippen LogP contribution is -2.11. The summed E-state index contributed by atoms with van der Waals surface area (Å²) < 4.78 is 0. The molecule has 0 aromatic rings. The van der Waals surface area contributed by atoms with Crippen LogP contribution in [0.25, 0.3) is 0 Å². The Hall–Kier alpha value is -0.570. The molecule has 3 heteroatoms. The van der Waals surface area contributed by atoms with Crippen molar-refractivity contribution in [2.45, 2.75) is 26.7 Å². The number of hydrogen-bond donors (Lipinski definition) is 1. The van der Waals surface area contributed by atoms with Crippen molar-refractivity contribution in [3.8, 4) is 0 Å². The van der Waals surface area contributed by atoms with Crippen LogP contribution in [0, 0.1) is 5.92 Å². The van der Waals surface area contributed by atoms with Crippen molar-refractivity contribution in [1.82, 2.24) is 5.48 Å². The third-order valence-electron chi connectivity index (χ3n) is 1.73. The lowest BCUT2D eigenvalue weighted by molar-refractivity contribution is 0.205. The van der Waals surface area contributed by atoms with Crippen LogP contribution in [0.1, 0.15) is 26.7 Å². The highest BCUT2D eigenvalue weighted by Gasteiger charge is 2.10. The maximum absolute atomic E-state index is 5.03. The molecule has 0 amide bonds. The second kappa shape index (κ2) is 3.56. The molecule has 10 heavy (non-hydrogen) atoms. The largest absolute Gasteiger partial charge is 0.392 e. The molecule has 1 rings (SSSR count). The fourth-order valence-electron chi connectivity index (χ4n) is 0.817. The Labute approximate surface area is 61.4 Å². The summed E-state index contributed by atoms with van der Waals surface area (Å²) in [6.45, 7) is 4.99. The molecule has 0 radical (unpaired) electrons. The minimum Gasteiger partial charge on any atom is -0.392 e. The SMILES string of the molecule is CCC(C)CC1=NCNO1. The first-order chi connectivity index (χ1) is 4.83. The van der Waals surface area contributed by atoms with Gasteiger partial charge in [0.25, 0.3) is 0 Å². The highest BCUT2D eigenvalue weighted by atomic mass is 16.7. The van der Waals surface area contributed by atoms with Gasteiger partial charge >= 0.3 is 0 Å². The molecule has 58 valence electrons. The third-order valence-corrected chi connectivity index (χ3v) is 1.73. The van der Waals surface area contributed by atoms with Crippen molar-refractivity contribution in [2.24, 2.45) is 10.9 Å². The predicted octanol–water partition coefficient (Wildman–Crippen LogP) is 1.31. The third kappa shape index (κ3) is 1.99. The minimum absolute atomic E-state index is 0.617. The first-order valence-electron chi connectivity index (χ1n) is 3.76. The van der Waals surface area contributed by atoms with Crippen molar-refractivity contribution in [1.29, 1.82) is 0 Å². The van der Waals surface area contributed by atoms with Crippen LogP contribution < -0.4 is 5.48 Å². The molecule has 1 aliphatic heterocycles. The number of nitrogens with zero attached hydrogens (tertiary/aromatic N) is 1. The summed E-state index contributed by atoms with van der Waals surface area (Å²) >= 11 is 0. The number of hydroxylamine groups is 1. The van der Waals surface area contributed by atoms with E-state index in [0.717, 1.165) is 12.3 Å². The van der Waals surface area contributed by atoms with Gasteiger partial charge in [-0.3, -0.25) is 0 Å². The molecule has 1 unspecified atom stereocenters. The standard InChI is InChI=1S/C7H14N2O/c1-3-6(2)4-7-8-5-9-10-7/h6,9H,3-5H2,1-2H3. The summed E-state index contributed by atoms with van der Waals surface area (Å²) in [5.41, 5.74) is 2.70. The average Bonchev–Trinajstić information content (AvgIpc) is 2.40. The van der Waals surface area contributed by atoms with Crippen LogP contribution in [0.3, 0.4) is 0 Å². The molecule has 0 saturated carbocycles.